The number of hydrogen-bond acceptors (Lipinski definition) is 3. The summed E-state index contributed by atoms with van der Waals surface area (Å²) < 4.78 is 27.6. The number of anilines is 1. The van der Waals surface area contributed by atoms with Crippen LogP contribution >= 0.6 is 0 Å². The Hall–Kier alpha value is -1.98. The topological polar surface area (TPSA) is 56.7 Å². The highest BCUT2D eigenvalue weighted by Crippen LogP contribution is 2.31. The predicted octanol–water partition coefficient (Wildman–Crippen LogP) is 2.67. The SMILES string of the molecule is Nc1ccc(-n2nc(C(F)F)c3c2CCCC3)nc1. The highest BCUT2D eigenvalue weighted by Gasteiger charge is 2.26. The van der Waals surface area contributed by atoms with Crippen molar-refractivity contribution < 1.29 is 8.78 Å². The fourth-order valence-corrected chi connectivity index (χ4v) is 2.52. The van der Waals surface area contributed by atoms with E-state index in [0.717, 1.165) is 25.0 Å². The summed E-state index contributed by atoms with van der Waals surface area (Å²) in [4.78, 5) is 4.16. The van der Waals surface area contributed by atoms with Crippen LogP contribution in [0.1, 0.15) is 36.2 Å². The van der Waals surface area contributed by atoms with Crippen molar-refractivity contribution in [2.24, 2.45) is 0 Å². The molecule has 6 heteroatoms. The zero-order valence-electron chi connectivity index (χ0n) is 10.3. The van der Waals surface area contributed by atoms with E-state index in [0.29, 0.717) is 23.5 Å². The monoisotopic (exact) mass is 264 g/mol. The summed E-state index contributed by atoms with van der Waals surface area (Å²) in [6, 6.07) is 3.40. The third kappa shape index (κ3) is 2.07. The zero-order chi connectivity index (χ0) is 13.4. The molecule has 0 saturated heterocycles. The average Bonchev–Trinajstić information content (AvgIpc) is 2.79. The number of nitrogen functional groups attached to an aromatic ring is 1. The molecule has 0 atom stereocenters. The Morgan fingerprint density at radius 3 is 2.68 bits per heavy atom. The van der Waals surface area contributed by atoms with E-state index in [9.17, 15) is 8.78 Å². The van der Waals surface area contributed by atoms with Crippen LogP contribution in [0.25, 0.3) is 5.82 Å². The second-order valence-corrected chi connectivity index (χ2v) is 4.68. The molecule has 2 aromatic heterocycles. The van der Waals surface area contributed by atoms with Crippen LogP contribution in [0, 0.1) is 0 Å². The molecule has 0 aromatic carbocycles. The van der Waals surface area contributed by atoms with Crippen LogP contribution in [-0.4, -0.2) is 14.8 Å². The molecule has 1 aliphatic carbocycles. The minimum absolute atomic E-state index is 0.103. The molecule has 0 unspecified atom stereocenters. The molecule has 2 aromatic rings. The summed E-state index contributed by atoms with van der Waals surface area (Å²) in [5, 5.41) is 4.05. The van der Waals surface area contributed by atoms with E-state index in [-0.39, 0.29) is 5.69 Å². The van der Waals surface area contributed by atoms with Crippen LogP contribution in [0.3, 0.4) is 0 Å². The molecule has 0 spiro atoms. The van der Waals surface area contributed by atoms with Crippen molar-refractivity contribution in [2.45, 2.75) is 32.1 Å². The van der Waals surface area contributed by atoms with Gasteiger partial charge in [0.25, 0.3) is 6.43 Å². The highest BCUT2D eigenvalue weighted by molar-refractivity contribution is 5.41. The first-order valence-corrected chi connectivity index (χ1v) is 6.27. The Morgan fingerprint density at radius 1 is 1.21 bits per heavy atom. The molecule has 0 saturated carbocycles. The summed E-state index contributed by atoms with van der Waals surface area (Å²) in [5.74, 6) is 0.541. The summed E-state index contributed by atoms with van der Waals surface area (Å²) in [5.41, 5.74) is 7.58. The number of pyridine rings is 1. The van der Waals surface area contributed by atoms with Crippen molar-refractivity contribution in [3.05, 3.63) is 35.3 Å². The molecular formula is C13H14F2N4. The van der Waals surface area contributed by atoms with Gasteiger partial charge in [-0.05, 0) is 37.8 Å². The van der Waals surface area contributed by atoms with Gasteiger partial charge in [-0.1, -0.05) is 0 Å². The minimum atomic E-state index is -2.54. The Kier molecular flexibility index (Phi) is 2.93. The molecular weight excluding hydrogens is 250 g/mol. The smallest absolute Gasteiger partial charge is 0.282 e. The molecule has 1 aliphatic rings. The van der Waals surface area contributed by atoms with E-state index in [2.05, 4.69) is 10.1 Å². The van der Waals surface area contributed by atoms with E-state index >= 15 is 0 Å². The number of fused-ring (bicyclic) bond motifs is 1. The van der Waals surface area contributed by atoms with Gasteiger partial charge >= 0.3 is 0 Å². The second kappa shape index (κ2) is 4.60. The second-order valence-electron chi connectivity index (χ2n) is 4.68. The fraction of sp³-hybridized carbons (Fsp3) is 0.385. The van der Waals surface area contributed by atoms with Crippen molar-refractivity contribution in [1.82, 2.24) is 14.8 Å². The molecule has 0 fully saturated rings. The molecule has 2 N–H and O–H groups in total. The van der Waals surface area contributed by atoms with E-state index in [1.54, 1.807) is 12.1 Å². The number of halogens is 2. The number of aromatic nitrogens is 3. The quantitative estimate of drug-likeness (QED) is 0.907. The first kappa shape index (κ1) is 12.1. The number of alkyl halides is 2. The van der Waals surface area contributed by atoms with E-state index < -0.39 is 6.43 Å². The van der Waals surface area contributed by atoms with E-state index in [1.807, 2.05) is 0 Å². The summed E-state index contributed by atoms with van der Waals surface area (Å²) in [6.07, 6.45) is 2.34. The van der Waals surface area contributed by atoms with Crippen molar-refractivity contribution in [3.8, 4) is 5.82 Å². The normalized spacial score (nSPS) is 14.7. The van der Waals surface area contributed by atoms with Gasteiger partial charge in [-0.2, -0.15) is 5.10 Å². The maximum atomic E-state index is 13.0. The predicted molar refractivity (Wildman–Crippen MR) is 67.4 cm³/mol. The molecule has 2 heterocycles. The Bertz CT molecular complexity index is 589. The average molecular weight is 264 g/mol. The van der Waals surface area contributed by atoms with Gasteiger partial charge in [0.05, 0.1) is 11.9 Å². The molecule has 0 bridgehead atoms. The highest BCUT2D eigenvalue weighted by atomic mass is 19.3. The Morgan fingerprint density at radius 2 is 2.00 bits per heavy atom. The summed E-state index contributed by atoms with van der Waals surface area (Å²) in [6.45, 7) is 0. The van der Waals surface area contributed by atoms with Crippen molar-refractivity contribution in [2.75, 3.05) is 5.73 Å². The zero-order valence-corrected chi connectivity index (χ0v) is 10.3. The Labute approximate surface area is 109 Å². The van der Waals surface area contributed by atoms with Crippen LogP contribution < -0.4 is 5.73 Å². The maximum Gasteiger partial charge on any atom is 0.282 e. The van der Waals surface area contributed by atoms with E-state index in [4.69, 9.17) is 5.73 Å². The Balaban J connectivity index is 2.13. The largest absolute Gasteiger partial charge is 0.397 e. The molecule has 0 amide bonds. The first-order chi connectivity index (χ1) is 9.16. The molecule has 100 valence electrons. The number of hydrogen-bond donors (Lipinski definition) is 1. The van der Waals surface area contributed by atoms with E-state index in [1.165, 1.54) is 10.9 Å². The molecule has 4 nitrogen and oxygen atoms in total. The van der Waals surface area contributed by atoms with Gasteiger partial charge in [0.15, 0.2) is 5.82 Å². The number of rotatable bonds is 2. The lowest BCUT2D eigenvalue weighted by atomic mass is 9.96. The third-order valence-electron chi connectivity index (χ3n) is 3.41. The first-order valence-electron chi connectivity index (χ1n) is 6.27. The summed E-state index contributed by atoms with van der Waals surface area (Å²) >= 11 is 0. The van der Waals surface area contributed by atoms with Gasteiger partial charge in [0.2, 0.25) is 0 Å². The van der Waals surface area contributed by atoms with Crippen LogP contribution in [0.5, 0.6) is 0 Å². The van der Waals surface area contributed by atoms with Crippen LogP contribution in [0.15, 0.2) is 18.3 Å². The van der Waals surface area contributed by atoms with Crippen molar-refractivity contribution >= 4 is 5.69 Å². The minimum Gasteiger partial charge on any atom is -0.397 e. The lowest BCUT2D eigenvalue weighted by Crippen LogP contribution is -2.09. The van der Waals surface area contributed by atoms with Crippen molar-refractivity contribution in [1.29, 1.82) is 0 Å². The lowest BCUT2D eigenvalue weighted by Gasteiger charge is -2.13. The van der Waals surface area contributed by atoms with Crippen LogP contribution in [0.2, 0.25) is 0 Å². The third-order valence-corrected chi connectivity index (χ3v) is 3.41. The van der Waals surface area contributed by atoms with Gasteiger partial charge in [0, 0.05) is 11.3 Å². The maximum absolute atomic E-state index is 13.0. The standard InChI is InChI=1S/C13H14F2N4/c14-13(15)12-9-3-1-2-4-10(9)19(18-12)11-6-5-8(16)7-17-11/h5-7,13H,1-4,16H2. The van der Waals surface area contributed by atoms with Gasteiger partial charge < -0.3 is 5.73 Å². The van der Waals surface area contributed by atoms with Crippen LogP contribution in [0.4, 0.5) is 14.5 Å². The van der Waals surface area contributed by atoms with Gasteiger partial charge in [-0.15, -0.1) is 0 Å². The molecule has 0 radical (unpaired) electrons. The molecule has 3 rings (SSSR count). The molecule has 0 aliphatic heterocycles. The van der Waals surface area contributed by atoms with Gasteiger partial charge in [0.1, 0.15) is 5.69 Å². The van der Waals surface area contributed by atoms with Gasteiger partial charge in [-0.3, -0.25) is 0 Å². The summed E-state index contributed by atoms with van der Waals surface area (Å²) in [7, 11) is 0. The fourth-order valence-electron chi connectivity index (χ4n) is 2.52. The molecule has 19 heavy (non-hydrogen) atoms. The number of nitrogens with zero attached hydrogens (tertiary/aromatic N) is 3. The number of nitrogens with two attached hydrogens (primary N) is 1. The van der Waals surface area contributed by atoms with Crippen molar-refractivity contribution in [3.63, 3.8) is 0 Å². The van der Waals surface area contributed by atoms with Gasteiger partial charge in [-0.25, -0.2) is 18.4 Å². The van der Waals surface area contributed by atoms with Crippen LogP contribution in [-0.2, 0) is 12.8 Å². The lowest BCUT2D eigenvalue weighted by molar-refractivity contribution is 0.144.